The Morgan fingerprint density at radius 3 is 2.68 bits per heavy atom. The number of nitrogens with zero attached hydrogens (tertiary/aromatic N) is 1. The maximum atomic E-state index is 12.9. The van der Waals surface area contributed by atoms with E-state index in [1.165, 1.54) is 9.75 Å². The minimum Gasteiger partial charge on any atom is -0.332 e. The van der Waals surface area contributed by atoms with Crippen LogP contribution in [0.3, 0.4) is 0 Å². The first-order valence-corrected chi connectivity index (χ1v) is 10.4. The van der Waals surface area contributed by atoms with Crippen LogP contribution >= 0.6 is 11.3 Å². The average molecular weight is 342 g/mol. The summed E-state index contributed by atoms with van der Waals surface area (Å²) in [6.45, 7) is 4.35. The minimum atomic E-state index is -2.92. The van der Waals surface area contributed by atoms with Gasteiger partial charge in [-0.05, 0) is 31.9 Å². The Morgan fingerprint density at radius 2 is 2.05 bits per heavy atom. The highest BCUT2D eigenvalue weighted by atomic mass is 32.2. The number of aryl methyl sites for hydroxylation is 1. The summed E-state index contributed by atoms with van der Waals surface area (Å²) in [4.78, 5) is 17.3. The molecular formula is C15H22N2O3S2. The van der Waals surface area contributed by atoms with Crippen LogP contribution in [0.25, 0.3) is 0 Å². The Bertz CT molecular complexity index is 639. The van der Waals surface area contributed by atoms with Crippen LogP contribution < -0.4 is 5.32 Å². The van der Waals surface area contributed by atoms with E-state index in [-0.39, 0.29) is 29.4 Å². The van der Waals surface area contributed by atoms with Crippen molar-refractivity contribution in [2.24, 2.45) is 5.92 Å². The molecule has 22 heavy (non-hydrogen) atoms. The van der Waals surface area contributed by atoms with Crippen LogP contribution in [0.5, 0.6) is 0 Å². The molecule has 3 heterocycles. The van der Waals surface area contributed by atoms with E-state index < -0.39 is 9.84 Å². The molecule has 2 saturated heterocycles. The molecule has 0 spiro atoms. The van der Waals surface area contributed by atoms with E-state index in [4.69, 9.17) is 0 Å². The average Bonchev–Trinajstić information content (AvgIpc) is 2.93. The lowest BCUT2D eigenvalue weighted by Crippen LogP contribution is -2.51. The first-order chi connectivity index (χ1) is 10.5. The van der Waals surface area contributed by atoms with Gasteiger partial charge in [-0.3, -0.25) is 4.79 Å². The normalized spacial score (nSPS) is 26.0. The zero-order chi connectivity index (χ0) is 15.7. The third kappa shape index (κ3) is 3.36. The van der Waals surface area contributed by atoms with Crippen molar-refractivity contribution < 1.29 is 13.2 Å². The molecule has 1 N–H and O–H groups in total. The van der Waals surface area contributed by atoms with Crippen molar-refractivity contribution in [3.8, 4) is 0 Å². The Balaban J connectivity index is 1.74. The predicted molar refractivity (Wildman–Crippen MR) is 87.8 cm³/mol. The number of carbonyl (C=O) groups is 1. The molecule has 7 heteroatoms. The fraction of sp³-hybridized carbons (Fsp3) is 0.667. The fourth-order valence-corrected chi connectivity index (χ4v) is 5.71. The molecule has 0 aliphatic carbocycles. The highest BCUT2D eigenvalue weighted by molar-refractivity contribution is 7.91. The van der Waals surface area contributed by atoms with Crippen LogP contribution in [-0.2, 0) is 14.6 Å². The number of sulfone groups is 1. The van der Waals surface area contributed by atoms with Crippen molar-refractivity contribution in [2.75, 3.05) is 31.1 Å². The summed E-state index contributed by atoms with van der Waals surface area (Å²) >= 11 is 1.73. The van der Waals surface area contributed by atoms with Crippen molar-refractivity contribution in [1.82, 2.24) is 10.2 Å². The van der Waals surface area contributed by atoms with Crippen molar-refractivity contribution in [3.63, 3.8) is 0 Å². The van der Waals surface area contributed by atoms with Gasteiger partial charge in [0.15, 0.2) is 0 Å². The third-order valence-corrected chi connectivity index (χ3v) is 7.34. The van der Waals surface area contributed by atoms with Crippen LogP contribution in [0.1, 0.15) is 28.6 Å². The van der Waals surface area contributed by atoms with E-state index in [2.05, 4.69) is 24.4 Å². The molecule has 1 aromatic rings. The fourth-order valence-electron chi connectivity index (χ4n) is 3.23. The number of rotatable bonds is 2. The van der Waals surface area contributed by atoms with Crippen molar-refractivity contribution >= 4 is 27.1 Å². The van der Waals surface area contributed by atoms with Crippen molar-refractivity contribution in [2.45, 2.75) is 25.8 Å². The van der Waals surface area contributed by atoms with E-state index in [0.717, 1.165) is 13.1 Å². The standard InChI is InChI=1S/C15H22N2O3S2/c1-11-2-3-14(21-11)13-10-16-6-7-17(13)15(18)12-4-8-22(19,20)9-5-12/h2-3,12-13,16H,4-10H2,1H3. The maximum absolute atomic E-state index is 12.9. The number of thiophene rings is 1. The molecule has 122 valence electrons. The van der Waals surface area contributed by atoms with Gasteiger partial charge in [-0.2, -0.15) is 0 Å². The van der Waals surface area contributed by atoms with Crippen LogP contribution in [0, 0.1) is 12.8 Å². The van der Waals surface area contributed by atoms with Crippen LogP contribution in [0.2, 0.25) is 0 Å². The molecule has 0 saturated carbocycles. The topological polar surface area (TPSA) is 66.5 Å². The number of carbonyl (C=O) groups excluding carboxylic acids is 1. The SMILES string of the molecule is Cc1ccc(C2CNCCN2C(=O)C2CCS(=O)(=O)CC2)s1. The zero-order valence-corrected chi connectivity index (χ0v) is 14.4. The van der Waals surface area contributed by atoms with Gasteiger partial charge in [-0.1, -0.05) is 0 Å². The lowest BCUT2D eigenvalue weighted by atomic mass is 9.99. The summed E-state index contributed by atoms with van der Waals surface area (Å²) in [6, 6.07) is 4.27. The lowest BCUT2D eigenvalue weighted by molar-refractivity contribution is -0.139. The summed E-state index contributed by atoms with van der Waals surface area (Å²) in [7, 11) is -2.92. The molecule has 2 aliphatic heterocycles. The Kier molecular flexibility index (Phi) is 4.56. The summed E-state index contributed by atoms with van der Waals surface area (Å²) in [5.41, 5.74) is 0. The zero-order valence-electron chi connectivity index (χ0n) is 12.7. The summed E-state index contributed by atoms with van der Waals surface area (Å²) in [5.74, 6) is 0.300. The van der Waals surface area contributed by atoms with Crippen LogP contribution in [0.4, 0.5) is 0 Å². The Morgan fingerprint density at radius 1 is 1.32 bits per heavy atom. The molecule has 2 fully saturated rings. The molecule has 5 nitrogen and oxygen atoms in total. The van der Waals surface area contributed by atoms with Gasteiger partial charge in [0.05, 0.1) is 17.5 Å². The predicted octanol–water partition coefficient (Wildman–Crippen LogP) is 1.35. The van der Waals surface area contributed by atoms with Crippen LogP contribution in [-0.4, -0.2) is 50.4 Å². The molecule has 3 rings (SSSR count). The second-order valence-electron chi connectivity index (χ2n) is 6.13. The van der Waals surface area contributed by atoms with Gasteiger partial charge in [-0.25, -0.2) is 8.42 Å². The number of hydrogen-bond donors (Lipinski definition) is 1. The lowest BCUT2D eigenvalue weighted by Gasteiger charge is -2.38. The van der Waals surface area contributed by atoms with E-state index in [0.29, 0.717) is 19.4 Å². The first-order valence-electron chi connectivity index (χ1n) is 7.74. The largest absolute Gasteiger partial charge is 0.332 e. The van der Waals surface area contributed by atoms with Gasteiger partial charge < -0.3 is 10.2 Å². The smallest absolute Gasteiger partial charge is 0.226 e. The Labute approximate surface area is 135 Å². The molecule has 2 aliphatic rings. The molecule has 1 unspecified atom stereocenters. The van der Waals surface area contributed by atoms with Gasteiger partial charge in [0.1, 0.15) is 9.84 Å². The number of amides is 1. The second-order valence-corrected chi connectivity index (χ2v) is 9.75. The van der Waals surface area contributed by atoms with Gasteiger partial charge in [0, 0.05) is 35.3 Å². The molecule has 1 aromatic heterocycles. The van der Waals surface area contributed by atoms with Gasteiger partial charge in [0.2, 0.25) is 5.91 Å². The molecule has 0 aromatic carbocycles. The number of nitrogens with one attached hydrogen (secondary N) is 1. The van der Waals surface area contributed by atoms with Crippen LogP contribution in [0.15, 0.2) is 12.1 Å². The molecule has 0 bridgehead atoms. The monoisotopic (exact) mass is 342 g/mol. The van der Waals surface area contributed by atoms with Crippen molar-refractivity contribution in [1.29, 1.82) is 0 Å². The second kappa shape index (κ2) is 6.29. The maximum Gasteiger partial charge on any atom is 0.226 e. The third-order valence-electron chi connectivity index (χ3n) is 4.52. The first kappa shape index (κ1) is 16.0. The van der Waals surface area contributed by atoms with E-state index in [1.54, 1.807) is 11.3 Å². The summed E-state index contributed by atoms with van der Waals surface area (Å²) < 4.78 is 23.1. The van der Waals surface area contributed by atoms with Gasteiger partial charge >= 0.3 is 0 Å². The van der Waals surface area contributed by atoms with E-state index >= 15 is 0 Å². The molecule has 0 radical (unpaired) electrons. The quantitative estimate of drug-likeness (QED) is 0.881. The molecular weight excluding hydrogens is 320 g/mol. The molecule has 1 atom stereocenters. The van der Waals surface area contributed by atoms with Gasteiger partial charge in [-0.15, -0.1) is 11.3 Å². The molecule has 1 amide bonds. The number of hydrogen-bond acceptors (Lipinski definition) is 5. The van der Waals surface area contributed by atoms with E-state index in [1.807, 2.05) is 4.90 Å². The number of piperazine rings is 1. The highest BCUT2D eigenvalue weighted by Gasteiger charge is 2.35. The van der Waals surface area contributed by atoms with Gasteiger partial charge in [0.25, 0.3) is 0 Å². The summed E-state index contributed by atoms with van der Waals surface area (Å²) in [6.07, 6.45) is 0.947. The summed E-state index contributed by atoms with van der Waals surface area (Å²) in [5, 5.41) is 3.36. The highest BCUT2D eigenvalue weighted by Crippen LogP contribution is 2.31. The van der Waals surface area contributed by atoms with Crippen molar-refractivity contribution in [3.05, 3.63) is 21.9 Å². The minimum absolute atomic E-state index is 0.0819. The van der Waals surface area contributed by atoms with E-state index in [9.17, 15) is 13.2 Å². The Hall–Kier alpha value is -0.920.